The minimum atomic E-state index is -0.498. The number of ether oxygens (including phenoxy) is 1. The van der Waals surface area contributed by atoms with Crippen LogP contribution < -0.4 is 5.73 Å². The van der Waals surface area contributed by atoms with Gasteiger partial charge in [0.1, 0.15) is 10.2 Å². The van der Waals surface area contributed by atoms with Gasteiger partial charge in [-0.2, -0.15) is 0 Å². The first-order valence-electron chi connectivity index (χ1n) is 3.01. The molecule has 5 nitrogen and oxygen atoms in total. The molecule has 0 fully saturated rings. The van der Waals surface area contributed by atoms with Gasteiger partial charge in [-0.3, -0.25) is 0 Å². The highest BCUT2D eigenvalue weighted by Crippen LogP contribution is 2.14. The van der Waals surface area contributed by atoms with Gasteiger partial charge in [0.2, 0.25) is 5.95 Å². The molecule has 0 unspecified atom stereocenters. The Kier molecular flexibility index (Phi) is 2.59. The molecule has 0 atom stereocenters. The Morgan fingerprint density at radius 1 is 1.75 bits per heavy atom. The highest BCUT2D eigenvalue weighted by Gasteiger charge is 2.11. The zero-order chi connectivity index (χ0) is 9.14. The molecule has 0 aliphatic carbocycles. The Bertz CT molecular complexity index is 316. The predicted molar refractivity (Wildman–Crippen MR) is 45.5 cm³/mol. The minimum Gasteiger partial charge on any atom is -0.465 e. The molecule has 6 heteroatoms. The normalized spacial score (nSPS) is 9.50. The molecule has 1 heterocycles. The van der Waals surface area contributed by atoms with Gasteiger partial charge in [-0.1, -0.05) is 0 Å². The van der Waals surface area contributed by atoms with Crippen LogP contribution in [0.5, 0.6) is 0 Å². The first-order chi connectivity index (χ1) is 5.65. The number of hydrogen-bond donors (Lipinski definition) is 1. The number of esters is 1. The van der Waals surface area contributed by atoms with Gasteiger partial charge in [-0.15, -0.1) is 0 Å². The van der Waals surface area contributed by atoms with Gasteiger partial charge < -0.3 is 10.5 Å². The van der Waals surface area contributed by atoms with Crippen molar-refractivity contribution in [3.05, 3.63) is 16.4 Å². The smallest absolute Gasteiger partial charge is 0.342 e. The summed E-state index contributed by atoms with van der Waals surface area (Å²) in [6.45, 7) is 0. The van der Waals surface area contributed by atoms with Crippen LogP contribution in [-0.2, 0) is 4.74 Å². The molecule has 1 aromatic rings. The Balaban J connectivity index is 3.09. The Hall–Kier alpha value is -1.17. The van der Waals surface area contributed by atoms with Gasteiger partial charge in [-0.25, -0.2) is 14.8 Å². The van der Waals surface area contributed by atoms with Crippen LogP contribution in [0, 0.1) is 0 Å². The zero-order valence-corrected chi connectivity index (χ0v) is 7.83. The number of methoxy groups -OCH3 is 1. The van der Waals surface area contributed by atoms with E-state index in [-0.39, 0.29) is 11.5 Å². The molecule has 0 aliphatic heterocycles. The molecule has 0 bridgehead atoms. The summed E-state index contributed by atoms with van der Waals surface area (Å²) in [4.78, 5) is 18.3. The molecular formula is C6H6BrN3O2. The third kappa shape index (κ3) is 1.70. The Labute approximate surface area is 77.1 Å². The summed E-state index contributed by atoms with van der Waals surface area (Å²) in [6, 6.07) is 0. The van der Waals surface area contributed by atoms with Crippen LogP contribution in [0.15, 0.2) is 10.8 Å². The van der Waals surface area contributed by atoms with Crippen molar-refractivity contribution >= 4 is 27.8 Å². The number of nitrogen functional groups attached to an aromatic ring is 1. The fourth-order valence-corrected chi connectivity index (χ4v) is 1.07. The van der Waals surface area contributed by atoms with Gasteiger partial charge in [0.25, 0.3) is 0 Å². The van der Waals surface area contributed by atoms with Crippen molar-refractivity contribution in [2.45, 2.75) is 0 Å². The van der Waals surface area contributed by atoms with E-state index in [1.165, 1.54) is 13.3 Å². The van der Waals surface area contributed by atoms with Crippen molar-refractivity contribution in [3.8, 4) is 0 Å². The SMILES string of the molecule is COC(=O)c1cnc(N)nc1Br. The van der Waals surface area contributed by atoms with Crippen LogP contribution in [0.3, 0.4) is 0 Å². The summed E-state index contributed by atoms with van der Waals surface area (Å²) >= 11 is 3.06. The third-order valence-corrected chi connectivity index (χ3v) is 1.77. The first kappa shape index (κ1) is 8.92. The van der Waals surface area contributed by atoms with Gasteiger partial charge in [0, 0.05) is 6.20 Å². The van der Waals surface area contributed by atoms with E-state index in [1.807, 2.05) is 0 Å². The number of carbonyl (C=O) groups excluding carboxylic acids is 1. The first-order valence-corrected chi connectivity index (χ1v) is 3.80. The summed E-state index contributed by atoms with van der Waals surface area (Å²) < 4.78 is 4.80. The molecule has 1 rings (SSSR count). The monoisotopic (exact) mass is 231 g/mol. The van der Waals surface area contributed by atoms with E-state index in [4.69, 9.17) is 5.73 Å². The van der Waals surface area contributed by atoms with Crippen LogP contribution in [-0.4, -0.2) is 23.0 Å². The molecule has 0 aromatic carbocycles. The number of rotatable bonds is 1. The largest absolute Gasteiger partial charge is 0.465 e. The average molecular weight is 232 g/mol. The van der Waals surface area contributed by atoms with E-state index >= 15 is 0 Å². The maximum Gasteiger partial charge on any atom is 0.342 e. The Morgan fingerprint density at radius 3 is 2.92 bits per heavy atom. The molecule has 2 N–H and O–H groups in total. The van der Waals surface area contributed by atoms with Crippen molar-refractivity contribution in [2.75, 3.05) is 12.8 Å². The van der Waals surface area contributed by atoms with Gasteiger partial charge >= 0.3 is 5.97 Å². The molecule has 64 valence electrons. The summed E-state index contributed by atoms with van der Waals surface area (Å²) in [5, 5.41) is 0. The molecule has 1 aromatic heterocycles. The number of aromatic nitrogens is 2. The van der Waals surface area contributed by atoms with Crippen molar-refractivity contribution in [3.63, 3.8) is 0 Å². The highest BCUT2D eigenvalue weighted by molar-refractivity contribution is 9.10. The maximum absolute atomic E-state index is 11.0. The number of nitrogens with two attached hydrogens (primary N) is 1. The quantitative estimate of drug-likeness (QED) is 0.566. The second kappa shape index (κ2) is 3.48. The molecule has 0 radical (unpaired) electrons. The van der Waals surface area contributed by atoms with Crippen LogP contribution >= 0.6 is 15.9 Å². The minimum absolute atomic E-state index is 0.106. The number of nitrogens with zero attached hydrogens (tertiary/aromatic N) is 2. The lowest BCUT2D eigenvalue weighted by atomic mass is 10.3. The summed E-state index contributed by atoms with van der Waals surface area (Å²) in [6.07, 6.45) is 1.30. The van der Waals surface area contributed by atoms with Crippen molar-refractivity contribution in [1.82, 2.24) is 9.97 Å². The number of carbonyl (C=O) groups is 1. The molecular weight excluding hydrogens is 226 g/mol. The lowest BCUT2D eigenvalue weighted by Gasteiger charge is -2.00. The second-order valence-corrected chi connectivity index (χ2v) is 2.68. The molecule has 0 saturated heterocycles. The number of anilines is 1. The van der Waals surface area contributed by atoms with Crippen molar-refractivity contribution < 1.29 is 9.53 Å². The van der Waals surface area contributed by atoms with Gasteiger partial charge in [0.15, 0.2) is 0 Å². The number of hydrogen-bond acceptors (Lipinski definition) is 5. The highest BCUT2D eigenvalue weighted by atomic mass is 79.9. The van der Waals surface area contributed by atoms with Crippen molar-refractivity contribution in [2.24, 2.45) is 0 Å². The molecule has 12 heavy (non-hydrogen) atoms. The van der Waals surface area contributed by atoms with Crippen LogP contribution in [0.2, 0.25) is 0 Å². The van der Waals surface area contributed by atoms with Crippen LogP contribution in [0.1, 0.15) is 10.4 Å². The van der Waals surface area contributed by atoms with Crippen LogP contribution in [0.25, 0.3) is 0 Å². The van der Waals surface area contributed by atoms with E-state index < -0.39 is 5.97 Å². The lowest BCUT2D eigenvalue weighted by Crippen LogP contribution is -2.06. The lowest BCUT2D eigenvalue weighted by molar-refractivity contribution is 0.0598. The second-order valence-electron chi connectivity index (χ2n) is 1.92. The van der Waals surface area contributed by atoms with Gasteiger partial charge in [-0.05, 0) is 15.9 Å². The fraction of sp³-hybridized carbons (Fsp3) is 0.167. The van der Waals surface area contributed by atoms with E-state index in [0.29, 0.717) is 4.60 Å². The molecule has 0 saturated carbocycles. The van der Waals surface area contributed by atoms with Crippen molar-refractivity contribution in [1.29, 1.82) is 0 Å². The molecule has 0 aliphatic rings. The fourth-order valence-electron chi connectivity index (χ4n) is 0.620. The summed E-state index contributed by atoms with van der Waals surface area (Å²) in [5.41, 5.74) is 5.52. The van der Waals surface area contributed by atoms with Crippen LogP contribution in [0.4, 0.5) is 5.95 Å². The standard InChI is InChI=1S/C6H6BrN3O2/c1-12-5(11)3-2-9-6(8)10-4(3)7/h2H,1H3,(H2,8,9,10). The molecule has 0 amide bonds. The zero-order valence-electron chi connectivity index (χ0n) is 6.24. The van der Waals surface area contributed by atoms with E-state index in [2.05, 4.69) is 30.6 Å². The molecule has 0 spiro atoms. The summed E-state index contributed by atoms with van der Waals surface area (Å²) in [7, 11) is 1.28. The predicted octanol–water partition coefficient (Wildman–Crippen LogP) is 0.608. The maximum atomic E-state index is 11.0. The average Bonchev–Trinajstić information content (AvgIpc) is 2.03. The summed E-state index contributed by atoms with van der Waals surface area (Å²) in [5.74, 6) is -0.392. The van der Waals surface area contributed by atoms with E-state index in [9.17, 15) is 4.79 Å². The van der Waals surface area contributed by atoms with E-state index in [0.717, 1.165) is 0 Å². The van der Waals surface area contributed by atoms with E-state index in [1.54, 1.807) is 0 Å². The third-order valence-electron chi connectivity index (χ3n) is 1.17. The Morgan fingerprint density at radius 2 is 2.42 bits per heavy atom. The van der Waals surface area contributed by atoms with Gasteiger partial charge in [0.05, 0.1) is 7.11 Å². The number of halogens is 1. The topological polar surface area (TPSA) is 78.1 Å².